The number of amides is 1. The van der Waals surface area contributed by atoms with Gasteiger partial charge in [0.25, 0.3) is 11.5 Å². The molecular weight excluding hydrogens is 570 g/mol. The Kier molecular flexibility index (Phi) is 8.94. The van der Waals surface area contributed by atoms with E-state index in [1.54, 1.807) is 16.6 Å². The number of likely N-dealkylation sites (N-methyl/N-ethyl adjacent to an activating group) is 1. The first-order valence-corrected chi connectivity index (χ1v) is 15.0. The van der Waals surface area contributed by atoms with Gasteiger partial charge in [-0.05, 0) is 56.7 Å². The summed E-state index contributed by atoms with van der Waals surface area (Å²) in [6, 6.07) is 21.9. The van der Waals surface area contributed by atoms with E-state index in [9.17, 15) is 9.59 Å². The number of ether oxygens (including phenoxy) is 2. The molecule has 0 saturated heterocycles. The summed E-state index contributed by atoms with van der Waals surface area (Å²) >= 11 is 7.54. The number of aromatic nitrogens is 1. The highest BCUT2D eigenvalue weighted by Crippen LogP contribution is 2.36. The summed E-state index contributed by atoms with van der Waals surface area (Å²) in [5.74, 6) is 1.16. The number of carbonyl (C=O) groups is 1. The molecule has 5 rings (SSSR count). The fraction of sp³-hybridized carbons (Fsp3) is 0.242. The molecule has 0 N–H and O–H groups in total. The second-order valence-corrected chi connectivity index (χ2v) is 11.2. The van der Waals surface area contributed by atoms with Gasteiger partial charge in [0.15, 0.2) is 4.80 Å². The van der Waals surface area contributed by atoms with Gasteiger partial charge >= 0.3 is 0 Å². The predicted molar refractivity (Wildman–Crippen MR) is 167 cm³/mol. The lowest BCUT2D eigenvalue weighted by Crippen LogP contribution is -2.43. The molecule has 0 fully saturated rings. The summed E-state index contributed by atoms with van der Waals surface area (Å²) < 4.78 is 13.7. The topological polar surface area (TPSA) is 73.1 Å². The number of hydrogen-bond acceptors (Lipinski definition) is 6. The van der Waals surface area contributed by atoms with Crippen molar-refractivity contribution in [3.8, 4) is 11.5 Å². The predicted octanol–water partition coefficient (Wildman–Crippen LogP) is 5.34. The fourth-order valence-electron chi connectivity index (χ4n) is 5.05. The van der Waals surface area contributed by atoms with Gasteiger partial charge < -0.3 is 14.4 Å². The summed E-state index contributed by atoms with van der Waals surface area (Å²) in [6.45, 7) is 7.17. The smallest absolute Gasteiger partial charge is 0.271 e. The molecule has 42 heavy (non-hydrogen) atoms. The molecule has 3 aromatic carbocycles. The number of halogens is 1. The largest absolute Gasteiger partial charge is 0.496 e. The van der Waals surface area contributed by atoms with Crippen LogP contribution in [0.5, 0.6) is 11.5 Å². The van der Waals surface area contributed by atoms with E-state index in [1.165, 1.54) is 11.3 Å². The lowest BCUT2D eigenvalue weighted by molar-refractivity contribution is -0.127. The van der Waals surface area contributed by atoms with Gasteiger partial charge in [-0.25, -0.2) is 4.99 Å². The summed E-state index contributed by atoms with van der Waals surface area (Å²) in [5.41, 5.74) is 3.33. The van der Waals surface area contributed by atoms with Crippen molar-refractivity contribution in [1.29, 1.82) is 0 Å². The zero-order valence-corrected chi connectivity index (χ0v) is 25.5. The van der Waals surface area contributed by atoms with Gasteiger partial charge in [0.1, 0.15) is 24.1 Å². The molecular formula is C33H32ClN3O4S. The SMILES string of the molecule is CCN(CC)C(=O)C1=C(C)N=c2s/c(=C/c3ccc(OCc4ccccc4Cl)cc3)c(=O)n2[C@@H]1c1ccccc1OC. The van der Waals surface area contributed by atoms with Crippen molar-refractivity contribution in [2.24, 2.45) is 4.99 Å². The van der Waals surface area contributed by atoms with E-state index in [0.29, 0.717) is 56.8 Å². The summed E-state index contributed by atoms with van der Waals surface area (Å²) in [7, 11) is 1.59. The third kappa shape index (κ3) is 5.78. The molecule has 1 aliphatic heterocycles. The van der Waals surface area contributed by atoms with Crippen LogP contribution in [-0.2, 0) is 11.4 Å². The number of carbonyl (C=O) groups excluding carboxylic acids is 1. The number of hydrogen-bond donors (Lipinski definition) is 0. The average Bonchev–Trinajstić information content (AvgIpc) is 3.31. The van der Waals surface area contributed by atoms with Crippen LogP contribution in [0.3, 0.4) is 0 Å². The lowest BCUT2D eigenvalue weighted by atomic mass is 9.94. The molecule has 1 aliphatic rings. The van der Waals surface area contributed by atoms with Crippen LogP contribution in [0.1, 0.15) is 43.5 Å². The van der Waals surface area contributed by atoms with Crippen LogP contribution in [0.4, 0.5) is 0 Å². The van der Waals surface area contributed by atoms with Crippen molar-refractivity contribution < 1.29 is 14.3 Å². The van der Waals surface area contributed by atoms with E-state index in [1.807, 2.05) is 99.6 Å². The molecule has 1 aromatic heterocycles. The Labute approximate surface area is 253 Å². The average molecular weight is 602 g/mol. The van der Waals surface area contributed by atoms with Gasteiger partial charge in [0.05, 0.1) is 22.9 Å². The van der Waals surface area contributed by atoms with Gasteiger partial charge in [-0.1, -0.05) is 71.5 Å². The highest BCUT2D eigenvalue weighted by Gasteiger charge is 2.35. The number of methoxy groups -OCH3 is 1. The summed E-state index contributed by atoms with van der Waals surface area (Å²) in [5, 5.41) is 0.660. The Balaban J connectivity index is 1.54. The molecule has 0 radical (unpaired) electrons. The molecule has 2 heterocycles. The normalized spacial score (nSPS) is 14.8. The van der Waals surface area contributed by atoms with Gasteiger partial charge in [0.2, 0.25) is 0 Å². The van der Waals surface area contributed by atoms with Crippen LogP contribution in [0, 0.1) is 0 Å². The highest BCUT2D eigenvalue weighted by atomic mass is 35.5. The maximum absolute atomic E-state index is 14.0. The molecule has 1 atom stereocenters. The minimum atomic E-state index is -0.673. The molecule has 0 spiro atoms. The molecule has 4 aromatic rings. The molecule has 9 heteroatoms. The molecule has 1 amide bonds. The van der Waals surface area contributed by atoms with Crippen molar-refractivity contribution in [2.75, 3.05) is 20.2 Å². The minimum absolute atomic E-state index is 0.140. The molecule has 216 valence electrons. The van der Waals surface area contributed by atoms with E-state index in [4.69, 9.17) is 26.1 Å². The first-order valence-electron chi connectivity index (χ1n) is 13.8. The third-order valence-corrected chi connectivity index (χ3v) is 8.62. The number of nitrogens with zero attached hydrogens (tertiary/aromatic N) is 3. The van der Waals surface area contributed by atoms with Gasteiger partial charge in [-0.3, -0.25) is 14.2 Å². The number of allylic oxidation sites excluding steroid dienone is 1. The molecule has 0 bridgehead atoms. The third-order valence-electron chi connectivity index (χ3n) is 7.27. The second kappa shape index (κ2) is 12.8. The first kappa shape index (κ1) is 29.4. The van der Waals surface area contributed by atoms with Crippen molar-refractivity contribution in [3.63, 3.8) is 0 Å². The van der Waals surface area contributed by atoms with E-state index < -0.39 is 6.04 Å². The monoisotopic (exact) mass is 601 g/mol. The van der Waals surface area contributed by atoms with Crippen molar-refractivity contribution in [3.05, 3.63) is 125 Å². The highest BCUT2D eigenvalue weighted by molar-refractivity contribution is 7.07. The lowest BCUT2D eigenvalue weighted by Gasteiger charge is -2.29. The molecule has 0 saturated carbocycles. The maximum atomic E-state index is 14.0. The van der Waals surface area contributed by atoms with Crippen LogP contribution in [0.2, 0.25) is 5.02 Å². The van der Waals surface area contributed by atoms with Crippen LogP contribution in [-0.4, -0.2) is 35.6 Å². The van der Waals surface area contributed by atoms with Crippen molar-refractivity contribution in [2.45, 2.75) is 33.4 Å². The van der Waals surface area contributed by atoms with Crippen LogP contribution in [0.25, 0.3) is 6.08 Å². The number of rotatable bonds is 9. The van der Waals surface area contributed by atoms with E-state index in [-0.39, 0.29) is 11.5 Å². The quantitative estimate of drug-likeness (QED) is 0.259. The molecule has 7 nitrogen and oxygen atoms in total. The zero-order valence-electron chi connectivity index (χ0n) is 24.0. The summed E-state index contributed by atoms with van der Waals surface area (Å²) in [4.78, 5) is 34.8. The van der Waals surface area contributed by atoms with E-state index in [2.05, 4.69) is 0 Å². The number of thiazole rings is 1. The molecule has 0 unspecified atom stereocenters. The standard InChI is InChI=1S/C33H32ClN3O4S/c1-5-36(6-2)32(39)29-21(3)35-33-37(30(29)25-12-8-10-14-27(25)40-4)31(38)28(42-33)19-22-15-17-24(18-16-22)41-20-23-11-7-9-13-26(23)34/h7-19,30H,5-6,20H2,1-4H3/b28-19+/t30-/m1/s1. The van der Waals surface area contributed by atoms with Crippen molar-refractivity contribution >= 4 is 34.9 Å². The Morgan fingerprint density at radius 2 is 1.74 bits per heavy atom. The van der Waals surface area contributed by atoms with Gasteiger partial charge in [-0.15, -0.1) is 0 Å². The zero-order chi connectivity index (χ0) is 29.8. The van der Waals surface area contributed by atoms with Gasteiger partial charge in [-0.2, -0.15) is 0 Å². The fourth-order valence-corrected chi connectivity index (χ4v) is 6.29. The second-order valence-electron chi connectivity index (χ2n) is 9.75. The Morgan fingerprint density at radius 1 is 1.05 bits per heavy atom. The Bertz CT molecular complexity index is 1820. The van der Waals surface area contributed by atoms with Gasteiger partial charge in [0, 0.05) is 29.2 Å². The molecule has 0 aliphatic carbocycles. The maximum Gasteiger partial charge on any atom is 0.271 e. The Morgan fingerprint density at radius 3 is 2.43 bits per heavy atom. The first-order chi connectivity index (χ1) is 20.4. The Hall–Kier alpha value is -4.14. The van der Waals surface area contributed by atoms with E-state index >= 15 is 0 Å². The number of benzene rings is 3. The summed E-state index contributed by atoms with van der Waals surface area (Å²) in [6.07, 6.45) is 1.84. The minimum Gasteiger partial charge on any atom is -0.496 e. The number of fused-ring (bicyclic) bond motifs is 1. The van der Waals surface area contributed by atoms with Crippen molar-refractivity contribution in [1.82, 2.24) is 9.47 Å². The van der Waals surface area contributed by atoms with Crippen LogP contribution in [0.15, 0.2) is 93.9 Å². The van der Waals surface area contributed by atoms with Crippen LogP contribution < -0.4 is 24.4 Å². The number of para-hydroxylation sites is 1. The van der Waals surface area contributed by atoms with Crippen LogP contribution >= 0.6 is 22.9 Å². The van der Waals surface area contributed by atoms with E-state index in [0.717, 1.165) is 16.7 Å².